The quantitative estimate of drug-likeness (QED) is 0.757. The summed E-state index contributed by atoms with van der Waals surface area (Å²) in [5, 5.41) is 0.530. The molecule has 0 radical (unpaired) electrons. The summed E-state index contributed by atoms with van der Waals surface area (Å²) in [5.74, 6) is -0.0668. The van der Waals surface area contributed by atoms with Crippen LogP contribution in [0.4, 0.5) is 0 Å². The highest BCUT2D eigenvalue weighted by Gasteiger charge is 2.12. The van der Waals surface area contributed by atoms with E-state index >= 15 is 0 Å². The summed E-state index contributed by atoms with van der Waals surface area (Å²) < 4.78 is 0. The molecule has 1 heterocycles. The summed E-state index contributed by atoms with van der Waals surface area (Å²) >= 11 is 5.75. The predicted molar refractivity (Wildman–Crippen MR) is 68.6 cm³/mol. The van der Waals surface area contributed by atoms with Gasteiger partial charge >= 0.3 is 0 Å². The Kier molecular flexibility index (Phi) is 3.25. The third-order valence-corrected chi connectivity index (χ3v) is 2.82. The summed E-state index contributed by atoms with van der Waals surface area (Å²) in [6, 6.07) is 9.13. The normalized spacial score (nSPS) is 10.3. The lowest BCUT2D eigenvalue weighted by Crippen LogP contribution is -2.06. The molecule has 0 bridgehead atoms. The molecular formula is C14H12ClNO. The average molecular weight is 246 g/mol. The molecule has 0 spiro atoms. The zero-order chi connectivity index (χ0) is 12.4. The maximum Gasteiger partial charge on any atom is 0.211 e. The Morgan fingerprint density at radius 1 is 1.18 bits per heavy atom. The monoisotopic (exact) mass is 245 g/mol. The first-order valence-electron chi connectivity index (χ1n) is 5.31. The van der Waals surface area contributed by atoms with Crippen molar-refractivity contribution in [1.82, 2.24) is 4.98 Å². The predicted octanol–water partition coefficient (Wildman–Crippen LogP) is 3.58. The molecule has 3 heteroatoms. The minimum absolute atomic E-state index is 0.0668. The first-order chi connectivity index (χ1) is 8.08. The van der Waals surface area contributed by atoms with Crippen molar-refractivity contribution in [2.45, 2.75) is 13.8 Å². The average Bonchev–Trinajstić information content (AvgIpc) is 2.32. The van der Waals surface area contributed by atoms with E-state index in [1.54, 1.807) is 12.1 Å². The summed E-state index contributed by atoms with van der Waals surface area (Å²) in [4.78, 5) is 16.3. The van der Waals surface area contributed by atoms with Crippen LogP contribution >= 0.6 is 11.6 Å². The number of hydrogen-bond donors (Lipinski definition) is 0. The molecule has 2 nitrogen and oxygen atoms in total. The lowest BCUT2D eigenvalue weighted by atomic mass is 10.00. The molecule has 0 saturated heterocycles. The van der Waals surface area contributed by atoms with Crippen molar-refractivity contribution in [3.63, 3.8) is 0 Å². The number of aryl methyl sites for hydroxylation is 2. The Labute approximate surface area is 105 Å². The number of pyridine rings is 1. The van der Waals surface area contributed by atoms with Crippen molar-refractivity contribution in [3.05, 3.63) is 63.9 Å². The number of aromatic nitrogens is 1. The Bertz CT molecular complexity index is 561. The fourth-order valence-electron chi connectivity index (χ4n) is 1.63. The Balaban J connectivity index is 2.43. The van der Waals surface area contributed by atoms with Gasteiger partial charge in [0.2, 0.25) is 5.78 Å². The Hall–Kier alpha value is -1.67. The number of halogens is 1. The Morgan fingerprint density at radius 3 is 2.59 bits per heavy atom. The summed E-state index contributed by atoms with van der Waals surface area (Å²) in [5.41, 5.74) is 3.13. The molecule has 0 fully saturated rings. The molecule has 0 unspecified atom stereocenters. The fourth-order valence-corrected chi connectivity index (χ4v) is 1.74. The molecule has 0 aliphatic carbocycles. The molecule has 1 aromatic carbocycles. The van der Waals surface area contributed by atoms with Gasteiger partial charge in [-0.25, -0.2) is 0 Å². The fraction of sp³-hybridized carbons (Fsp3) is 0.143. The third-order valence-electron chi connectivity index (χ3n) is 2.60. The van der Waals surface area contributed by atoms with Gasteiger partial charge in [-0.05, 0) is 37.6 Å². The van der Waals surface area contributed by atoms with Crippen LogP contribution < -0.4 is 0 Å². The van der Waals surface area contributed by atoms with Crippen LogP contribution in [-0.4, -0.2) is 10.8 Å². The van der Waals surface area contributed by atoms with Gasteiger partial charge < -0.3 is 0 Å². The maximum absolute atomic E-state index is 12.2. The number of carbonyl (C=O) groups excluding carboxylic acids is 1. The van der Waals surface area contributed by atoms with Gasteiger partial charge in [0, 0.05) is 11.8 Å². The maximum atomic E-state index is 12.2. The van der Waals surface area contributed by atoms with Crippen molar-refractivity contribution in [2.24, 2.45) is 0 Å². The first-order valence-corrected chi connectivity index (χ1v) is 5.69. The van der Waals surface area contributed by atoms with Crippen molar-refractivity contribution in [1.29, 1.82) is 0 Å². The van der Waals surface area contributed by atoms with Crippen molar-refractivity contribution in [2.75, 3.05) is 0 Å². The lowest BCUT2D eigenvalue weighted by Gasteiger charge is -2.05. The number of hydrogen-bond acceptors (Lipinski definition) is 2. The van der Waals surface area contributed by atoms with Gasteiger partial charge in [0.1, 0.15) is 5.69 Å². The number of rotatable bonds is 2. The molecule has 86 valence electrons. The van der Waals surface area contributed by atoms with E-state index in [2.05, 4.69) is 4.98 Å². The van der Waals surface area contributed by atoms with Crippen LogP contribution in [0.5, 0.6) is 0 Å². The number of carbonyl (C=O) groups is 1. The second-order valence-corrected chi connectivity index (χ2v) is 4.45. The first kappa shape index (κ1) is 11.8. The van der Waals surface area contributed by atoms with Crippen LogP contribution in [0.2, 0.25) is 5.02 Å². The van der Waals surface area contributed by atoms with Crippen molar-refractivity contribution >= 4 is 17.4 Å². The van der Waals surface area contributed by atoms with E-state index in [1.165, 1.54) is 6.20 Å². The summed E-state index contributed by atoms with van der Waals surface area (Å²) in [7, 11) is 0. The van der Waals surface area contributed by atoms with Gasteiger partial charge in [0.15, 0.2) is 0 Å². The van der Waals surface area contributed by atoms with E-state index in [0.717, 1.165) is 11.1 Å². The number of nitrogens with zero attached hydrogens (tertiary/aromatic N) is 1. The SMILES string of the molecule is Cc1ccc(C)c(C(=O)c2ccc(Cl)cn2)c1. The lowest BCUT2D eigenvalue weighted by molar-refractivity contribution is 0.103. The zero-order valence-electron chi connectivity index (χ0n) is 9.70. The molecule has 0 aliphatic rings. The second-order valence-electron chi connectivity index (χ2n) is 4.01. The van der Waals surface area contributed by atoms with Crippen molar-refractivity contribution in [3.8, 4) is 0 Å². The molecule has 0 atom stereocenters. The van der Waals surface area contributed by atoms with Gasteiger partial charge in [-0.1, -0.05) is 29.3 Å². The van der Waals surface area contributed by atoms with E-state index in [0.29, 0.717) is 16.3 Å². The van der Waals surface area contributed by atoms with Gasteiger partial charge in [-0.3, -0.25) is 9.78 Å². The highest BCUT2D eigenvalue weighted by atomic mass is 35.5. The topological polar surface area (TPSA) is 30.0 Å². The van der Waals surface area contributed by atoms with Gasteiger partial charge in [-0.2, -0.15) is 0 Å². The molecule has 0 N–H and O–H groups in total. The molecule has 17 heavy (non-hydrogen) atoms. The zero-order valence-corrected chi connectivity index (χ0v) is 10.5. The van der Waals surface area contributed by atoms with Crippen LogP contribution in [0.25, 0.3) is 0 Å². The van der Waals surface area contributed by atoms with E-state index in [-0.39, 0.29) is 5.78 Å². The minimum Gasteiger partial charge on any atom is -0.287 e. The number of benzene rings is 1. The van der Waals surface area contributed by atoms with E-state index in [1.807, 2.05) is 32.0 Å². The highest BCUT2D eigenvalue weighted by Crippen LogP contribution is 2.16. The van der Waals surface area contributed by atoms with E-state index in [4.69, 9.17) is 11.6 Å². The minimum atomic E-state index is -0.0668. The smallest absolute Gasteiger partial charge is 0.211 e. The van der Waals surface area contributed by atoms with Crippen LogP contribution in [0.15, 0.2) is 36.5 Å². The van der Waals surface area contributed by atoms with Gasteiger partial charge in [0.25, 0.3) is 0 Å². The van der Waals surface area contributed by atoms with Crippen LogP contribution in [-0.2, 0) is 0 Å². The second kappa shape index (κ2) is 4.68. The number of ketones is 1. The molecular weight excluding hydrogens is 234 g/mol. The molecule has 2 rings (SSSR count). The Morgan fingerprint density at radius 2 is 1.94 bits per heavy atom. The molecule has 1 aromatic heterocycles. The van der Waals surface area contributed by atoms with Crippen LogP contribution in [0.3, 0.4) is 0 Å². The summed E-state index contributed by atoms with van der Waals surface area (Å²) in [6.45, 7) is 3.88. The van der Waals surface area contributed by atoms with Gasteiger partial charge in [0.05, 0.1) is 5.02 Å². The molecule has 0 aliphatic heterocycles. The van der Waals surface area contributed by atoms with E-state index in [9.17, 15) is 4.79 Å². The summed E-state index contributed by atoms with van der Waals surface area (Å²) in [6.07, 6.45) is 1.49. The van der Waals surface area contributed by atoms with Crippen molar-refractivity contribution < 1.29 is 4.79 Å². The van der Waals surface area contributed by atoms with Crippen LogP contribution in [0, 0.1) is 13.8 Å². The third kappa shape index (κ3) is 2.53. The van der Waals surface area contributed by atoms with Gasteiger partial charge in [-0.15, -0.1) is 0 Å². The van der Waals surface area contributed by atoms with E-state index < -0.39 is 0 Å². The largest absolute Gasteiger partial charge is 0.287 e. The highest BCUT2D eigenvalue weighted by molar-refractivity contribution is 6.30. The molecule has 0 amide bonds. The standard InChI is InChI=1S/C14H12ClNO/c1-9-3-4-10(2)12(7-9)14(17)13-6-5-11(15)8-16-13/h3-8H,1-2H3. The van der Waals surface area contributed by atoms with Crippen LogP contribution in [0.1, 0.15) is 27.2 Å². The molecule has 2 aromatic rings. The molecule has 0 saturated carbocycles.